The highest BCUT2D eigenvalue weighted by atomic mass is 16.8. The number of carbonyl (C=O) groups is 2. The largest absolute Gasteiger partial charge is 0.457 e. The second-order valence-electron chi connectivity index (χ2n) is 26.6. The fourth-order valence-electron chi connectivity index (χ4n) is 15.5. The summed E-state index contributed by atoms with van der Waals surface area (Å²) in [7, 11) is 0. The topological polar surface area (TPSA) is 433 Å². The first-order valence-corrected chi connectivity index (χ1v) is 29.5. The molecule has 0 aromatic rings. The van der Waals surface area contributed by atoms with Crippen molar-refractivity contribution in [2.45, 2.75) is 273 Å². The average molecular weight is 1210 g/mol. The second kappa shape index (κ2) is 27.1. The van der Waals surface area contributed by atoms with Gasteiger partial charge in [-0.2, -0.15) is 0 Å². The highest BCUT2D eigenvalue weighted by Gasteiger charge is 2.69. The Morgan fingerprint density at radius 3 is 1.95 bits per heavy atom. The fourth-order valence-corrected chi connectivity index (χ4v) is 15.5. The van der Waals surface area contributed by atoms with E-state index in [4.69, 9.17) is 42.6 Å². The van der Waals surface area contributed by atoms with Crippen LogP contribution in [0, 0.1) is 34.0 Å². The number of fused-ring (bicyclic) bond motifs is 3. The van der Waals surface area contributed by atoms with Crippen molar-refractivity contribution in [2.24, 2.45) is 34.0 Å². The molecule has 16 N–H and O–H groups in total. The van der Waals surface area contributed by atoms with Gasteiger partial charge in [-0.25, -0.2) is 0 Å². The van der Waals surface area contributed by atoms with E-state index in [1.807, 2.05) is 19.9 Å². The lowest BCUT2D eigenvalue weighted by Crippen LogP contribution is -2.68. The first-order chi connectivity index (χ1) is 39.1. The lowest BCUT2D eigenvalue weighted by Gasteiger charge is -2.64. The Morgan fingerprint density at radius 1 is 0.702 bits per heavy atom. The Hall–Kier alpha value is -2.24. The minimum absolute atomic E-state index is 0.0134. The normalized spacial score (nSPS) is 46.6. The van der Waals surface area contributed by atoms with Crippen LogP contribution in [0.3, 0.4) is 0 Å². The van der Waals surface area contributed by atoms with Crippen molar-refractivity contribution in [1.82, 2.24) is 5.32 Å². The number of allylic oxidation sites excluding steroid dienone is 1. The first-order valence-electron chi connectivity index (χ1n) is 29.5. The highest BCUT2D eigenvalue weighted by Crippen LogP contribution is 2.71. The second-order valence-corrected chi connectivity index (χ2v) is 26.6. The Morgan fingerprint density at radius 2 is 1.32 bits per heavy atom. The molecule has 0 unspecified atom stereocenters. The molecule has 3 aliphatic carbocycles. The van der Waals surface area contributed by atoms with E-state index >= 15 is 0 Å². The zero-order valence-electron chi connectivity index (χ0n) is 49.8. The molecule has 486 valence electrons. The molecule has 30 atom stereocenters. The molecule has 4 aliphatic heterocycles. The molecule has 1 amide bonds. The molecule has 7 rings (SSSR count). The van der Waals surface area contributed by atoms with Crippen LogP contribution in [0.1, 0.15) is 121 Å². The van der Waals surface area contributed by atoms with E-state index < -0.39 is 213 Å². The van der Waals surface area contributed by atoms with Gasteiger partial charge in [-0.05, 0) is 107 Å². The van der Waals surface area contributed by atoms with Gasteiger partial charge in [-0.1, -0.05) is 39.3 Å². The van der Waals surface area contributed by atoms with Gasteiger partial charge in [-0.15, -0.1) is 0 Å². The van der Waals surface area contributed by atoms with Gasteiger partial charge in [0, 0.05) is 19.8 Å². The quantitative estimate of drug-likeness (QED) is 0.0303. The van der Waals surface area contributed by atoms with Crippen LogP contribution in [0.25, 0.3) is 0 Å². The minimum Gasteiger partial charge on any atom is -0.457 e. The Balaban J connectivity index is 1.16. The maximum absolute atomic E-state index is 12.8. The lowest BCUT2D eigenvalue weighted by molar-refractivity contribution is -0.394. The van der Waals surface area contributed by atoms with Gasteiger partial charge in [0.25, 0.3) is 0 Å². The predicted molar refractivity (Wildman–Crippen MR) is 288 cm³/mol. The summed E-state index contributed by atoms with van der Waals surface area (Å²) < 4.78 is 55.4. The van der Waals surface area contributed by atoms with Gasteiger partial charge in [0.05, 0.1) is 56.4 Å². The van der Waals surface area contributed by atoms with Gasteiger partial charge in [0.1, 0.15) is 91.0 Å². The van der Waals surface area contributed by atoms with Crippen LogP contribution in [0.15, 0.2) is 11.6 Å². The number of aliphatic hydroxyl groups excluding tert-OH is 13. The summed E-state index contributed by atoms with van der Waals surface area (Å²) in [5.74, 6) is -2.29. The van der Waals surface area contributed by atoms with Gasteiger partial charge < -0.3 is 125 Å². The van der Waals surface area contributed by atoms with E-state index in [2.05, 4.69) is 19.2 Å². The first kappa shape index (κ1) is 69.2. The summed E-state index contributed by atoms with van der Waals surface area (Å²) in [6, 6.07) is -1.52. The van der Waals surface area contributed by atoms with E-state index in [0.717, 1.165) is 13.8 Å². The third-order valence-corrected chi connectivity index (χ3v) is 20.0. The highest BCUT2D eigenvalue weighted by molar-refractivity contribution is 5.73. The number of hydrogen-bond donors (Lipinski definition) is 16. The molecule has 7 fully saturated rings. The summed E-state index contributed by atoms with van der Waals surface area (Å²) in [6.45, 7) is 14.2. The van der Waals surface area contributed by atoms with Gasteiger partial charge in [0.2, 0.25) is 5.91 Å². The van der Waals surface area contributed by atoms with E-state index in [-0.39, 0.29) is 24.7 Å². The lowest BCUT2D eigenvalue weighted by atomic mass is 9.42. The number of esters is 1. The standard InChI is InChI=1S/C57H97NO26/c1-24(18-29(64)48(73)57(10,75)23-60)12-11-15-56(9,74)47-28(63)19-34-54(7)17-14-35(53(5,6)33(54)13-16-55(34,47)8)82-52-46(43(72)44(79-27(4)62)32(81-52)22-77-50-42(71)38(67)30(65)21-76-50)84-51-45(41(70)37(66)25(2)78-51)83-49-36(58-26(3)61)40(69)39(68)31(20-59)80-49/h12,25,28-52,59-60,63-75H,11,13-23H2,1-10H3,(H,58,61)/b24-12+/t25-,28+,29-,30+,31+,32+,33-,34+,35-,36+,37-,38-,39+,40+,41+,42+,43-,44+,45+,46+,47+,48+,49-,50-,51-,52-,54-,55+,56+,57-/m0/s1. The number of nitrogens with one attached hydrogen (secondary N) is 1. The van der Waals surface area contributed by atoms with Crippen LogP contribution in [0.4, 0.5) is 0 Å². The van der Waals surface area contributed by atoms with Crippen molar-refractivity contribution in [3.05, 3.63) is 11.6 Å². The van der Waals surface area contributed by atoms with Crippen LogP contribution in [-0.2, 0) is 52.2 Å². The zero-order chi connectivity index (χ0) is 62.5. The van der Waals surface area contributed by atoms with Crippen molar-refractivity contribution in [2.75, 3.05) is 26.4 Å². The molecule has 7 aliphatic rings. The smallest absolute Gasteiger partial charge is 0.303 e. The minimum atomic E-state index is -1.91. The maximum Gasteiger partial charge on any atom is 0.303 e. The van der Waals surface area contributed by atoms with Gasteiger partial charge in [0.15, 0.2) is 31.3 Å². The molecule has 3 saturated carbocycles. The molecule has 27 nitrogen and oxygen atoms in total. The Kier molecular flexibility index (Phi) is 22.3. The summed E-state index contributed by atoms with van der Waals surface area (Å²) in [5, 5.41) is 166. The molecule has 27 heteroatoms. The van der Waals surface area contributed by atoms with Crippen LogP contribution in [0.5, 0.6) is 0 Å². The summed E-state index contributed by atoms with van der Waals surface area (Å²) >= 11 is 0. The van der Waals surface area contributed by atoms with E-state index in [0.29, 0.717) is 44.1 Å². The molecular weight excluding hydrogens is 1110 g/mol. The molecular formula is C57H97NO26. The SMILES string of the molecule is CC(=O)N[C@H]1[C@H](O[C@H]2[C@H](O[C@H]3[C@H](O[C@H]4CC[C@]5(C)[C@H]6C[C@@H](O)[C@@H]([C@](C)(O)CC/C=C(\C)C[C@H](O)[C@@H](O)[C@@](C)(O)CO)[C@]6(C)CC[C@H]5C4(C)C)O[C@H](CO[C@@H]4OC[C@@H](O)[C@H](O)[C@H]4O)[C@@H](OC(C)=O)[C@@H]3O)O[C@@H](C)[C@H](O)[C@H]2O)O[C@H](CO)[C@@H](O)[C@@H]1O. The number of carbonyl (C=O) groups excluding carboxylic acids is 2. The Bertz CT molecular complexity index is 2220. The third-order valence-electron chi connectivity index (χ3n) is 20.0. The summed E-state index contributed by atoms with van der Waals surface area (Å²) in [6.07, 6.45) is -29.2. The molecule has 84 heavy (non-hydrogen) atoms. The fraction of sp³-hybridized carbons (Fsp3) is 0.930. The van der Waals surface area contributed by atoms with E-state index in [1.54, 1.807) is 13.8 Å². The van der Waals surface area contributed by atoms with Crippen molar-refractivity contribution < 1.29 is 129 Å². The van der Waals surface area contributed by atoms with Crippen molar-refractivity contribution >= 4 is 11.9 Å². The van der Waals surface area contributed by atoms with E-state index in [1.165, 1.54) is 13.8 Å². The summed E-state index contributed by atoms with van der Waals surface area (Å²) in [4.78, 5) is 25.2. The number of amides is 1. The average Bonchev–Trinajstić information content (AvgIpc) is 1.44. The van der Waals surface area contributed by atoms with Crippen LogP contribution in [0.2, 0.25) is 0 Å². The third kappa shape index (κ3) is 14.0. The van der Waals surface area contributed by atoms with E-state index in [9.17, 15) is 86.2 Å². The van der Waals surface area contributed by atoms with Crippen LogP contribution >= 0.6 is 0 Å². The monoisotopic (exact) mass is 1210 g/mol. The maximum atomic E-state index is 12.8. The number of ether oxygens (including phenoxy) is 9. The molecule has 0 aromatic heterocycles. The molecule has 0 spiro atoms. The van der Waals surface area contributed by atoms with Crippen LogP contribution in [-0.4, -0.2) is 267 Å². The Labute approximate surface area is 489 Å². The van der Waals surface area contributed by atoms with Gasteiger partial charge >= 0.3 is 5.97 Å². The number of rotatable bonds is 21. The van der Waals surface area contributed by atoms with Gasteiger partial charge in [-0.3, -0.25) is 9.59 Å². The number of aliphatic hydroxyl groups is 15. The zero-order valence-corrected chi connectivity index (χ0v) is 49.8. The molecule has 0 bridgehead atoms. The van der Waals surface area contributed by atoms with Crippen LogP contribution < -0.4 is 5.32 Å². The van der Waals surface area contributed by atoms with Crippen molar-refractivity contribution in [1.29, 1.82) is 0 Å². The van der Waals surface area contributed by atoms with Crippen molar-refractivity contribution in [3.8, 4) is 0 Å². The molecule has 0 aromatic carbocycles. The predicted octanol–water partition coefficient (Wildman–Crippen LogP) is -3.40. The summed E-state index contributed by atoms with van der Waals surface area (Å²) in [5.41, 5.74) is -4.26. The van der Waals surface area contributed by atoms with Crippen molar-refractivity contribution in [3.63, 3.8) is 0 Å². The molecule has 0 radical (unpaired) electrons. The molecule has 4 saturated heterocycles. The molecule has 4 heterocycles. The number of hydrogen-bond acceptors (Lipinski definition) is 26.